The number of amides is 1. The molecule has 3 rings (SSSR count). The van der Waals surface area contributed by atoms with E-state index in [2.05, 4.69) is 5.32 Å². The lowest BCUT2D eigenvalue weighted by atomic mass is 10.1. The van der Waals surface area contributed by atoms with Crippen molar-refractivity contribution in [3.8, 4) is 11.5 Å². The fourth-order valence-corrected chi connectivity index (χ4v) is 3.58. The molecule has 0 bridgehead atoms. The fourth-order valence-electron chi connectivity index (χ4n) is 2.78. The number of halogens is 1. The Labute approximate surface area is 172 Å². The third kappa shape index (κ3) is 5.20. The molecule has 2 aromatic carbocycles. The van der Waals surface area contributed by atoms with Crippen LogP contribution in [0.2, 0.25) is 0 Å². The Kier molecular flexibility index (Phi) is 6.61. The summed E-state index contributed by atoms with van der Waals surface area (Å²) in [7, 11) is 1.47. The molecule has 1 aromatic heterocycles. The highest BCUT2D eigenvalue weighted by Gasteiger charge is 2.19. The van der Waals surface area contributed by atoms with Gasteiger partial charge >= 0.3 is 0 Å². The summed E-state index contributed by atoms with van der Waals surface area (Å²) in [6.07, 6.45) is 0. The maximum Gasteiger partial charge on any atom is 0.258 e. The first kappa shape index (κ1) is 20.5. The van der Waals surface area contributed by atoms with Gasteiger partial charge in [0.05, 0.1) is 13.2 Å². The Morgan fingerprint density at radius 3 is 2.48 bits per heavy atom. The molecule has 1 atom stereocenters. The SMILES string of the molecule is COc1cc(C(C)=O)ccc1OCC(=O)NC(c1ccc(F)cc1)c1cccs1. The monoisotopic (exact) mass is 413 g/mol. The first-order chi connectivity index (χ1) is 14.0. The number of ether oxygens (including phenoxy) is 2. The van der Waals surface area contributed by atoms with E-state index in [9.17, 15) is 14.0 Å². The Morgan fingerprint density at radius 2 is 1.86 bits per heavy atom. The number of thiophene rings is 1. The van der Waals surface area contributed by atoms with E-state index in [0.29, 0.717) is 17.1 Å². The molecule has 0 aliphatic carbocycles. The highest BCUT2D eigenvalue weighted by Crippen LogP contribution is 2.29. The molecule has 0 spiro atoms. The Morgan fingerprint density at radius 1 is 1.10 bits per heavy atom. The second-order valence-corrected chi connectivity index (χ2v) is 7.26. The van der Waals surface area contributed by atoms with Gasteiger partial charge in [-0.1, -0.05) is 18.2 Å². The van der Waals surface area contributed by atoms with Gasteiger partial charge < -0.3 is 14.8 Å². The van der Waals surface area contributed by atoms with E-state index in [-0.39, 0.29) is 24.1 Å². The molecule has 0 radical (unpaired) electrons. The van der Waals surface area contributed by atoms with Crippen molar-refractivity contribution >= 4 is 23.0 Å². The van der Waals surface area contributed by atoms with Gasteiger partial charge in [-0.2, -0.15) is 0 Å². The summed E-state index contributed by atoms with van der Waals surface area (Å²) in [6, 6.07) is 14.2. The smallest absolute Gasteiger partial charge is 0.258 e. The molecule has 150 valence electrons. The topological polar surface area (TPSA) is 64.6 Å². The van der Waals surface area contributed by atoms with Gasteiger partial charge in [0.15, 0.2) is 23.9 Å². The number of carbonyl (C=O) groups is 2. The Bertz CT molecular complexity index is 987. The zero-order valence-corrected chi connectivity index (χ0v) is 16.8. The van der Waals surface area contributed by atoms with Crippen LogP contribution in [0.1, 0.15) is 33.8 Å². The van der Waals surface area contributed by atoms with Crippen molar-refractivity contribution in [2.75, 3.05) is 13.7 Å². The summed E-state index contributed by atoms with van der Waals surface area (Å²) in [4.78, 5) is 25.0. The Balaban J connectivity index is 1.71. The van der Waals surface area contributed by atoms with Gasteiger partial charge in [-0.3, -0.25) is 9.59 Å². The van der Waals surface area contributed by atoms with Crippen LogP contribution in [0.15, 0.2) is 60.0 Å². The molecule has 1 N–H and O–H groups in total. The third-order valence-corrected chi connectivity index (χ3v) is 5.20. The summed E-state index contributed by atoms with van der Waals surface area (Å²) in [6.45, 7) is 1.22. The van der Waals surface area contributed by atoms with E-state index < -0.39 is 6.04 Å². The molecule has 1 amide bonds. The molecule has 7 heteroatoms. The summed E-state index contributed by atoms with van der Waals surface area (Å²) >= 11 is 1.50. The number of methoxy groups -OCH3 is 1. The highest BCUT2D eigenvalue weighted by atomic mass is 32.1. The van der Waals surface area contributed by atoms with Crippen molar-refractivity contribution in [3.05, 3.63) is 81.8 Å². The van der Waals surface area contributed by atoms with E-state index >= 15 is 0 Å². The van der Waals surface area contributed by atoms with Gasteiger partial charge in [0.25, 0.3) is 5.91 Å². The van der Waals surface area contributed by atoms with Crippen molar-refractivity contribution in [2.45, 2.75) is 13.0 Å². The largest absolute Gasteiger partial charge is 0.493 e. The molecule has 0 saturated heterocycles. The summed E-state index contributed by atoms with van der Waals surface area (Å²) in [5.41, 5.74) is 1.26. The lowest BCUT2D eigenvalue weighted by Gasteiger charge is -2.19. The third-order valence-electron chi connectivity index (χ3n) is 4.27. The normalized spacial score (nSPS) is 11.6. The molecule has 3 aromatic rings. The summed E-state index contributed by atoms with van der Waals surface area (Å²) < 4.78 is 24.1. The predicted octanol–water partition coefficient (Wildman–Crippen LogP) is 4.38. The number of carbonyl (C=O) groups excluding carboxylic acids is 2. The number of ketones is 1. The molecule has 1 heterocycles. The molecule has 0 saturated carbocycles. The van der Waals surface area contributed by atoms with E-state index in [1.54, 1.807) is 30.3 Å². The van der Waals surface area contributed by atoms with E-state index in [0.717, 1.165) is 10.4 Å². The molecular weight excluding hydrogens is 393 g/mol. The zero-order chi connectivity index (χ0) is 20.8. The van der Waals surface area contributed by atoms with Gasteiger partial charge in [-0.05, 0) is 54.3 Å². The average Bonchev–Trinajstić information content (AvgIpc) is 3.25. The second-order valence-electron chi connectivity index (χ2n) is 6.28. The van der Waals surface area contributed by atoms with Crippen LogP contribution in [0.3, 0.4) is 0 Å². The molecule has 0 aliphatic heterocycles. The zero-order valence-electron chi connectivity index (χ0n) is 16.0. The van der Waals surface area contributed by atoms with E-state index in [1.165, 1.54) is 37.5 Å². The molecule has 0 fully saturated rings. The van der Waals surface area contributed by atoms with Crippen LogP contribution >= 0.6 is 11.3 Å². The maximum atomic E-state index is 13.3. The number of benzene rings is 2. The second kappa shape index (κ2) is 9.34. The van der Waals surface area contributed by atoms with Crippen molar-refractivity contribution in [1.82, 2.24) is 5.32 Å². The number of hydrogen-bond donors (Lipinski definition) is 1. The Hall–Kier alpha value is -3.19. The van der Waals surface area contributed by atoms with E-state index in [4.69, 9.17) is 9.47 Å². The summed E-state index contributed by atoms with van der Waals surface area (Å²) in [5.74, 6) is -0.0357. The molecule has 5 nitrogen and oxygen atoms in total. The van der Waals surface area contributed by atoms with Crippen LogP contribution in [0, 0.1) is 5.82 Å². The van der Waals surface area contributed by atoms with Crippen molar-refractivity contribution in [1.29, 1.82) is 0 Å². The van der Waals surface area contributed by atoms with Crippen molar-refractivity contribution in [3.63, 3.8) is 0 Å². The van der Waals surface area contributed by atoms with Gasteiger partial charge in [0, 0.05) is 10.4 Å². The molecule has 29 heavy (non-hydrogen) atoms. The van der Waals surface area contributed by atoms with Crippen LogP contribution in [0.4, 0.5) is 4.39 Å². The number of rotatable bonds is 8. The fraction of sp³-hybridized carbons (Fsp3) is 0.182. The van der Waals surface area contributed by atoms with Gasteiger partial charge in [0.1, 0.15) is 5.82 Å². The standard InChI is InChI=1S/C22H20FNO4S/c1-14(25)16-7-10-18(19(12-16)27-2)28-13-21(26)24-22(20-4-3-11-29-20)15-5-8-17(23)9-6-15/h3-12,22H,13H2,1-2H3,(H,24,26). The maximum absolute atomic E-state index is 13.3. The quantitative estimate of drug-likeness (QED) is 0.557. The number of Topliss-reactive ketones (excluding diaryl/α,β-unsaturated/α-hetero) is 1. The summed E-state index contributed by atoms with van der Waals surface area (Å²) in [5, 5.41) is 4.83. The van der Waals surface area contributed by atoms with Crippen LogP contribution in [-0.2, 0) is 4.79 Å². The van der Waals surface area contributed by atoms with Gasteiger partial charge in [0.2, 0.25) is 0 Å². The van der Waals surface area contributed by atoms with Crippen molar-refractivity contribution in [2.24, 2.45) is 0 Å². The molecular formula is C22H20FNO4S. The minimum atomic E-state index is -0.409. The van der Waals surface area contributed by atoms with Crippen LogP contribution < -0.4 is 14.8 Å². The minimum absolute atomic E-state index is 0.0920. The first-order valence-electron chi connectivity index (χ1n) is 8.88. The highest BCUT2D eigenvalue weighted by molar-refractivity contribution is 7.10. The average molecular weight is 413 g/mol. The first-order valence-corrected chi connectivity index (χ1v) is 9.76. The number of nitrogens with one attached hydrogen (secondary N) is 1. The lowest BCUT2D eigenvalue weighted by molar-refractivity contribution is -0.123. The molecule has 0 aliphatic rings. The van der Waals surface area contributed by atoms with Crippen LogP contribution in [-0.4, -0.2) is 25.4 Å². The minimum Gasteiger partial charge on any atom is -0.493 e. The van der Waals surface area contributed by atoms with Crippen molar-refractivity contribution < 1.29 is 23.5 Å². The lowest BCUT2D eigenvalue weighted by Crippen LogP contribution is -2.33. The number of hydrogen-bond acceptors (Lipinski definition) is 5. The van der Waals surface area contributed by atoms with Gasteiger partial charge in [-0.25, -0.2) is 4.39 Å². The van der Waals surface area contributed by atoms with Crippen LogP contribution in [0.25, 0.3) is 0 Å². The van der Waals surface area contributed by atoms with Gasteiger partial charge in [-0.15, -0.1) is 11.3 Å². The van der Waals surface area contributed by atoms with E-state index in [1.807, 2.05) is 17.5 Å². The predicted molar refractivity (Wildman–Crippen MR) is 109 cm³/mol. The van der Waals surface area contributed by atoms with Crippen LogP contribution in [0.5, 0.6) is 11.5 Å². The molecule has 1 unspecified atom stereocenters.